The fourth-order valence-electron chi connectivity index (χ4n) is 2.77. The van der Waals surface area contributed by atoms with E-state index in [2.05, 4.69) is 11.9 Å². The smallest absolute Gasteiger partial charge is 0.330 e. The maximum Gasteiger partial charge on any atom is 0.330 e. The van der Waals surface area contributed by atoms with Crippen molar-refractivity contribution in [3.8, 4) is 0 Å². The van der Waals surface area contributed by atoms with Crippen LogP contribution in [-0.2, 0) is 20.7 Å². The number of hydrogen-bond donors (Lipinski definition) is 2. The summed E-state index contributed by atoms with van der Waals surface area (Å²) in [6.07, 6.45) is 5.25. The third kappa shape index (κ3) is 4.14. The minimum absolute atomic E-state index is 0.237. The Morgan fingerprint density at radius 2 is 2.04 bits per heavy atom. The summed E-state index contributed by atoms with van der Waals surface area (Å²) in [5.74, 6) is 5.21. The number of carbonyl (C=O) groups is 2. The summed E-state index contributed by atoms with van der Waals surface area (Å²) in [5, 5.41) is 2.04. The first kappa shape index (κ1) is 18.0. The number of methoxy groups -OCH3 is 1. The number of nitrogens with one attached hydrogen (secondary N) is 1. The molecule has 1 heterocycles. The number of ether oxygens (including phenoxy) is 1. The average molecular weight is 331 g/mol. The first-order valence-electron chi connectivity index (χ1n) is 8.28. The molecule has 0 fully saturated rings. The quantitative estimate of drug-likeness (QED) is 0.256. The minimum Gasteiger partial charge on any atom is -0.467 e. The van der Waals surface area contributed by atoms with Crippen LogP contribution in [0.25, 0.3) is 10.9 Å². The zero-order valence-corrected chi connectivity index (χ0v) is 14.2. The molecule has 2 aromatic rings. The lowest BCUT2D eigenvalue weighted by molar-refractivity contribution is -0.153. The Labute approximate surface area is 141 Å². The summed E-state index contributed by atoms with van der Waals surface area (Å²) in [6.45, 7) is 2.07. The van der Waals surface area contributed by atoms with Crippen LogP contribution in [0.3, 0.4) is 0 Å². The number of esters is 1. The normalized spacial score (nSPS) is 12.1. The number of carbonyl (C=O) groups excluding carboxylic acids is 2. The van der Waals surface area contributed by atoms with Gasteiger partial charge >= 0.3 is 5.97 Å². The largest absolute Gasteiger partial charge is 0.467 e. The molecule has 0 saturated heterocycles. The maximum absolute atomic E-state index is 12.3. The molecule has 0 saturated carbocycles. The van der Waals surface area contributed by atoms with Crippen LogP contribution in [0, 0.1) is 0 Å². The molecule has 0 bridgehead atoms. The van der Waals surface area contributed by atoms with E-state index in [-0.39, 0.29) is 5.91 Å². The zero-order valence-electron chi connectivity index (χ0n) is 14.2. The molecule has 3 N–H and O–H groups in total. The van der Waals surface area contributed by atoms with Crippen molar-refractivity contribution in [1.82, 2.24) is 9.99 Å². The van der Waals surface area contributed by atoms with Crippen molar-refractivity contribution in [2.75, 3.05) is 7.11 Å². The molecule has 6 heteroatoms. The van der Waals surface area contributed by atoms with Gasteiger partial charge in [-0.1, -0.05) is 38.0 Å². The van der Waals surface area contributed by atoms with E-state index < -0.39 is 12.0 Å². The van der Waals surface area contributed by atoms with Crippen molar-refractivity contribution < 1.29 is 14.3 Å². The van der Waals surface area contributed by atoms with E-state index in [1.54, 1.807) is 0 Å². The topological polar surface area (TPSA) is 88.4 Å². The SMILES string of the molecule is CCCCCC(=O)N(N)[C@H](Cc1c[nH]c2ccccc12)C(=O)OC. The molecule has 1 aromatic carbocycles. The van der Waals surface area contributed by atoms with Gasteiger partial charge in [0.25, 0.3) is 0 Å². The molecule has 0 radical (unpaired) electrons. The molecule has 2 rings (SSSR count). The highest BCUT2D eigenvalue weighted by atomic mass is 16.5. The molecule has 0 aliphatic carbocycles. The second-order valence-electron chi connectivity index (χ2n) is 5.86. The summed E-state index contributed by atoms with van der Waals surface area (Å²) in [4.78, 5) is 27.6. The second-order valence-corrected chi connectivity index (χ2v) is 5.86. The molecule has 1 amide bonds. The molecule has 0 aliphatic heterocycles. The monoisotopic (exact) mass is 331 g/mol. The number of aromatic amines is 1. The summed E-state index contributed by atoms with van der Waals surface area (Å²) in [6, 6.07) is 6.97. The Hall–Kier alpha value is -2.34. The zero-order chi connectivity index (χ0) is 17.5. The Morgan fingerprint density at radius 1 is 1.29 bits per heavy atom. The van der Waals surface area contributed by atoms with Crippen molar-refractivity contribution in [2.45, 2.75) is 45.1 Å². The molecule has 0 aliphatic rings. The van der Waals surface area contributed by atoms with Gasteiger partial charge in [0, 0.05) is 29.9 Å². The number of amides is 1. The van der Waals surface area contributed by atoms with Crippen molar-refractivity contribution >= 4 is 22.8 Å². The van der Waals surface area contributed by atoms with E-state index in [0.717, 1.165) is 40.7 Å². The van der Waals surface area contributed by atoms with Gasteiger partial charge in [0.15, 0.2) is 0 Å². The number of hydrogen-bond acceptors (Lipinski definition) is 4. The van der Waals surface area contributed by atoms with Crippen molar-refractivity contribution in [1.29, 1.82) is 0 Å². The summed E-state index contributed by atoms with van der Waals surface area (Å²) >= 11 is 0. The van der Waals surface area contributed by atoms with Gasteiger partial charge in [0.2, 0.25) is 5.91 Å². The van der Waals surface area contributed by atoms with Crippen LogP contribution in [0.5, 0.6) is 0 Å². The lowest BCUT2D eigenvalue weighted by atomic mass is 10.0. The molecule has 0 unspecified atom stereocenters. The molecule has 1 aromatic heterocycles. The Kier molecular flexibility index (Phi) is 6.37. The summed E-state index contributed by atoms with van der Waals surface area (Å²) in [5.41, 5.74) is 1.91. The van der Waals surface area contributed by atoms with Crippen LogP contribution in [0.15, 0.2) is 30.5 Å². The molecule has 6 nitrogen and oxygen atoms in total. The van der Waals surface area contributed by atoms with Crippen molar-refractivity contribution in [3.63, 3.8) is 0 Å². The van der Waals surface area contributed by atoms with Crippen molar-refractivity contribution in [3.05, 3.63) is 36.0 Å². The minimum atomic E-state index is -0.830. The number of H-pyrrole nitrogens is 1. The van der Waals surface area contributed by atoms with Crippen LogP contribution < -0.4 is 5.84 Å². The van der Waals surface area contributed by atoms with Crippen LogP contribution in [0.2, 0.25) is 0 Å². The predicted octanol–water partition coefficient (Wildman–Crippen LogP) is 2.53. The highest BCUT2D eigenvalue weighted by Crippen LogP contribution is 2.20. The van der Waals surface area contributed by atoms with Crippen LogP contribution in [-0.4, -0.2) is 35.0 Å². The number of hydrazine groups is 1. The van der Waals surface area contributed by atoms with E-state index in [9.17, 15) is 9.59 Å². The number of nitrogens with two attached hydrogens (primary N) is 1. The van der Waals surface area contributed by atoms with Gasteiger partial charge < -0.3 is 9.72 Å². The standard InChI is InChI=1S/C18H25N3O3/c1-3-4-5-10-17(22)21(19)16(18(23)24-2)11-13-12-20-15-9-7-6-8-14(13)15/h6-9,12,16,20H,3-5,10-11,19H2,1-2H3/t16-/m1/s1. The summed E-state index contributed by atoms with van der Waals surface area (Å²) < 4.78 is 4.85. The molecular weight excluding hydrogens is 306 g/mol. The van der Waals surface area contributed by atoms with Gasteiger partial charge in [0.1, 0.15) is 6.04 Å². The third-order valence-corrected chi connectivity index (χ3v) is 4.18. The molecular formula is C18H25N3O3. The van der Waals surface area contributed by atoms with E-state index >= 15 is 0 Å². The number of fused-ring (bicyclic) bond motifs is 1. The van der Waals surface area contributed by atoms with Crippen LogP contribution in [0.1, 0.15) is 38.2 Å². The van der Waals surface area contributed by atoms with Crippen LogP contribution >= 0.6 is 0 Å². The average Bonchev–Trinajstić information content (AvgIpc) is 3.01. The van der Waals surface area contributed by atoms with E-state index in [1.807, 2.05) is 30.5 Å². The van der Waals surface area contributed by atoms with E-state index in [4.69, 9.17) is 10.6 Å². The molecule has 130 valence electrons. The number of aromatic nitrogens is 1. The van der Waals surface area contributed by atoms with Crippen molar-refractivity contribution in [2.24, 2.45) is 5.84 Å². The fourth-order valence-corrected chi connectivity index (χ4v) is 2.77. The molecule has 0 spiro atoms. The maximum atomic E-state index is 12.3. The summed E-state index contributed by atoms with van der Waals surface area (Å²) in [7, 11) is 1.31. The van der Waals surface area contributed by atoms with Gasteiger partial charge in [-0.3, -0.25) is 9.80 Å². The lowest BCUT2D eigenvalue weighted by Gasteiger charge is -2.25. The van der Waals surface area contributed by atoms with Gasteiger partial charge in [-0.15, -0.1) is 0 Å². The fraction of sp³-hybridized carbons (Fsp3) is 0.444. The van der Waals surface area contributed by atoms with E-state index in [0.29, 0.717) is 12.8 Å². The highest BCUT2D eigenvalue weighted by molar-refractivity contribution is 5.87. The first-order chi connectivity index (χ1) is 11.6. The Balaban J connectivity index is 2.16. The third-order valence-electron chi connectivity index (χ3n) is 4.18. The number of benzene rings is 1. The number of unbranched alkanes of at least 4 members (excludes halogenated alkanes) is 2. The number of para-hydroxylation sites is 1. The van der Waals surface area contributed by atoms with Gasteiger partial charge in [-0.25, -0.2) is 10.6 Å². The van der Waals surface area contributed by atoms with E-state index in [1.165, 1.54) is 7.11 Å². The highest BCUT2D eigenvalue weighted by Gasteiger charge is 2.29. The first-order valence-corrected chi connectivity index (χ1v) is 8.28. The molecule has 24 heavy (non-hydrogen) atoms. The Morgan fingerprint density at radius 3 is 2.75 bits per heavy atom. The Bertz CT molecular complexity index is 696. The number of rotatable bonds is 8. The second kappa shape index (κ2) is 8.49. The lowest BCUT2D eigenvalue weighted by Crippen LogP contribution is -2.51. The predicted molar refractivity (Wildman–Crippen MR) is 93.0 cm³/mol. The molecule has 1 atom stereocenters. The van der Waals surface area contributed by atoms with Gasteiger partial charge in [-0.2, -0.15) is 0 Å². The van der Waals surface area contributed by atoms with Gasteiger partial charge in [-0.05, 0) is 18.1 Å². The van der Waals surface area contributed by atoms with Gasteiger partial charge in [0.05, 0.1) is 7.11 Å². The number of nitrogens with zero attached hydrogens (tertiary/aromatic N) is 1. The van der Waals surface area contributed by atoms with Crippen LogP contribution in [0.4, 0.5) is 0 Å².